The molecule has 1 aromatic carbocycles. The van der Waals surface area contributed by atoms with Crippen molar-refractivity contribution in [2.75, 3.05) is 7.11 Å². The third kappa shape index (κ3) is 4.40. The lowest BCUT2D eigenvalue weighted by atomic mass is 9.89. The average molecular weight is 386 g/mol. The number of esters is 1. The van der Waals surface area contributed by atoms with E-state index in [1.54, 1.807) is 13.0 Å². The van der Waals surface area contributed by atoms with Crippen LogP contribution >= 0.6 is 0 Å². The second-order valence-electron chi connectivity index (χ2n) is 7.60. The molecule has 3 rings (SSSR count). The van der Waals surface area contributed by atoms with Crippen molar-refractivity contribution in [2.45, 2.75) is 77.7 Å². The Hall–Kier alpha value is -2.30. The minimum Gasteiger partial charge on any atom is -0.479 e. The largest absolute Gasteiger partial charge is 0.479 e. The zero-order chi connectivity index (χ0) is 20.1. The Bertz CT molecular complexity index is 896. The molecule has 28 heavy (non-hydrogen) atoms. The molecule has 0 saturated heterocycles. The summed E-state index contributed by atoms with van der Waals surface area (Å²) in [5, 5.41) is 1.01. The lowest BCUT2D eigenvalue weighted by Gasteiger charge is -2.20. The van der Waals surface area contributed by atoms with Crippen LogP contribution in [0.15, 0.2) is 21.3 Å². The van der Waals surface area contributed by atoms with E-state index in [-0.39, 0.29) is 5.63 Å². The molecule has 1 atom stereocenters. The van der Waals surface area contributed by atoms with Crippen molar-refractivity contribution in [3.8, 4) is 5.75 Å². The molecule has 2 aromatic rings. The first-order valence-electron chi connectivity index (χ1n) is 10.4. The summed E-state index contributed by atoms with van der Waals surface area (Å²) in [6.45, 7) is 3.86. The summed E-state index contributed by atoms with van der Waals surface area (Å²) in [6, 6.07) is 3.88. The van der Waals surface area contributed by atoms with Gasteiger partial charge >= 0.3 is 11.6 Å². The smallest absolute Gasteiger partial charge is 0.346 e. The fraction of sp³-hybridized carbons (Fsp3) is 0.565. The molecule has 0 bridgehead atoms. The van der Waals surface area contributed by atoms with Gasteiger partial charge < -0.3 is 13.9 Å². The quantitative estimate of drug-likeness (QED) is 0.373. The minimum absolute atomic E-state index is 0.245. The summed E-state index contributed by atoms with van der Waals surface area (Å²) < 4.78 is 16.3. The van der Waals surface area contributed by atoms with Crippen LogP contribution in [-0.2, 0) is 28.8 Å². The molecule has 5 heteroatoms. The van der Waals surface area contributed by atoms with Crippen molar-refractivity contribution in [1.29, 1.82) is 0 Å². The Balaban J connectivity index is 2.03. The van der Waals surface area contributed by atoms with E-state index in [1.807, 2.05) is 0 Å². The molecule has 0 spiro atoms. The van der Waals surface area contributed by atoms with Crippen LogP contribution in [0.1, 0.15) is 69.1 Å². The standard InChI is InChI=1S/C23H30O5/c1-4-5-6-7-10-16-13-19-17-11-8-9-12-18(17)23(25)28-21(19)14-20(16)27-15(2)22(24)26-3/h13-15H,4-12H2,1-3H3. The molecule has 1 aliphatic rings. The zero-order valence-corrected chi connectivity index (χ0v) is 17.1. The molecular weight excluding hydrogens is 356 g/mol. The van der Waals surface area contributed by atoms with Crippen LogP contribution in [0.4, 0.5) is 0 Å². The highest BCUT2D eigenvalue weighted by molar-refractivity contribution is 5.84. The van der Waals surface area contributed by atoms with E-state index in [0.717, 1.165) is 67.0 Å². The maximum absolute atomic E-state index is 12.4. The Kier molecular flexibility index (Phi) is 6.76. The third-order valence-corrected chi connectivity index (χ3v) is 5.54. The van der Waals surface area contributed by atoms with Gasteiger partial charge in [-0.2, -0.15) is 0 Å². The summed E-state index contributed by atoms with van der Waals surface area (Å²) in [5.41, 5.74) is 3.30. The van der Waals surface area contributed by atoms with Crippen molar-refractivity contribution in [1.82, 2.24) is 0 Å². The maximum Gasteiger partial charge on any atom is 0.346 e. The number of hydrogen-bond acceptors (Lipinski definition) is 5. The Labute approximate surface area is 166 Å². The van der Waals surface area contributed by atoms with Gasteiger partial charge in [0.1, 0.15) is 11.3 Å². The Morgan fingerprint density at radius 3 is 2.61 bits per heavy atom. The molecule has 0 radical (unpaired) electrons. The second-order valence-corrected chi connectivity index (χ2v) is 7.60. The van der Waals surface area contributed by atoms with Crippen LogP contribution in [0.3, 0.4) is 0 Å². The van der Waals surface area contributed by atoms with Gasteiger partial charge in [0.2, 0.25) is 0 Å². The van der Waals surface area contributed by atoms with Crippen molar-refractivity contribution < 1.29 is 18.7 Å². The number of fused-ring (bicyclic) bond motifs is 3. The van der Waals surface area contributed by atoms with Gasteiger partial charge in [-0.1, -0.05) is 26.2 Å². The van der Waals surface area contributed by atoms with E-state index in [2.05, 4.69) is 13.0 Å². The fourth-order valence-electron chi connectivity index (χ4n) is 3.97. The summed E-state index contributed by atoms with van der Waals surface area (Å²) in [4.78, 5) is 24.2. The van der Waals surface area contributed by atoms with Crippen molar-refractivity contribution >= 4 is 16.9 Å². The number of aryl methyl sites for hydroxylation is 2. The Morgan fingerprint density at radius 2 is 1.89 bits per heavy atom. The molecule has 1 unspecified atom stereocenters. The molecule has 1 aromatic heterocycles. The average Bonchev–Trinajstić information content (AvgIpc) is 2.71. The first-order valence-corrected chi connectivity index (χ1v) is 10.4. The van der Waals surface area contributed by atoms with Gasteiger partial charge in [0.05, 0.1) is 7.11 Å². The lowest BCUT2D eigenvalue weighted by molar-refractivity contribution is -0.147. The van der Waals surface area contributed by atoms with Gasteiger partial charge in [-0.25, -0.2) is 9.59 Å². The van der Waals surface area contributed by atoms with Crippen molar-refractivity contribution in [3.05, 3.63) is 39.2 Å². The van der Waals surface area contributed by atoms with Gasteiger partial charge in [-0.05, 0) is 62.6 Å². The number of rotatable bonds is 8. The zero-order valence-electron chi connectivity index (χ0n) is 17.1. The minimum atomic E-state index is -0.721. The van der Waals surface area contributed by atoms with Crippen LogP contribution < -0.4 is 10.4 Å². The van der Waals surface area contributed by atoms with Crippen molar-refractivity contribution in [3.63, 3.8) is 0 Å². The first kappa shape index (κ1) is 20.4. The van der Waals surface area contributed by atoms with E-state index >= 15 is 0 Å². The summed E-state index contributed by atoms with van der Waals surface area (Å²) in [7, 11) is 1.35. The summed E-state index contributed by atoms with van der Waals surface area (Å²) in [5.74, 6) is 0.171. The van der Waals surface area contributed by atoms with E-state index in [9.17, 15) is 9.59 Å². The first-order chi connectivity index (χ1) is 13.5. The molecule has 152 valence electrons. The van der Waals surface area contributed by atoms with Gasteiger partial charge in [0.25, 0.3) is 0 Å². The van der Waals surface area contributed by atoms with Crippen LogP contribution in [0.5, 0.6) is 5.75 Å². The second kappa shape index (κ2) is 9.26. The van der Waals surface area contributed by atoms with Crippen LogP contribution in [-0.4, -0.2) is 19.2 Å². The number of unbranched alkanes of at least 4 members (excludes halogenated alkanes) is 3. The molecule has 0 saturated carbocycles. The molecule has 0 N–H and O–H groups in total. The molecule has 1 aliphatic carbocycles. The van der Waals surface area contributed by atoms with Gasteiger partial charge in [0.15, 0.2) is 6.10 Å². The molecule has 0 fully saturated rings. The van der Waals surface area contributed by atoms with Crippen LogP contribution in [0.25, 0.3) is 11.0 Å². The molecule has 1 heterocycles. The highest BCUT2D eigenvalue weighted by Crippen LogP contribution is 2.33. The number of carbonyl (C=O) groups excluding carboxylic acids is 1. The molecule has 5 nitrogen and oxygen atoms in total. The SMILES string of the molecule is CCCCCCc1cc2c3c(c(=O)oc2cc1OC(C)C(=O)OC)CCCC3. The van der Waals surface area contributed by atoms with E-state index in [4.69, 9.17) is 13.9 Å². The maximum atomic E-state index is 12.4. The van der Waals surface area contributed by atoms with Crippen LogP contribution in [0, 0.1) is 0 Å². The topological polar surface area (TPSA) is 65.7 Å². The van der Waals surface area contributed by atoms with E-state index < -0.39 is 12.1 Å². The summed E-state index contributed by atoms with van der Waals surface area (Å²) in [6.07, 6.45) is 8.56. The Morgan fingerprint density at radius 1 is 1.14 bits per heavy atom. The molecule has 0 aliphatic heterocycles. The number of methoxy groups -OCH3 is 1. The van der Waals surface area contributed by atoms with Crippen molar-refractivity contribution in [2.24, 2.45) is 0 Å². The van der Waals surface area contributed by atoms with Gasteiger partial charge in [-0.3, -0.25) is 0 Å². The molecular formula is C23H30O5. The highest BCUT2D eigenvalue weighted by Gasteiger charge is 2.22. The van der Waals surface area contributed by atoms with E-state index in [0.29, 0.717) is 11.3 Å². The number of ether oxygens (including phenoxy) is 2. The summed E-state index contributed by atoms with van der Waals surface area (Å²) >= 11 is 0. The van der Waals surface area contributed by atoms with Gasteiger partial charge in [-0.15, -0.1) is 0 Å². The predicted octanol–water partition coefficient (Wildman–Crippen LogP) is 4.73. The normalized spacial score (nSPS) is 14.5. The monoisotopic (exact) mass is 386 g/mol. The number of carbonyl (C=O) groups is 1. The fourth-order valence-corrected chi connectivity index (χ4v) is 3.97. The highest BCUT2D eigenvalue weighted by atomic mass is 16.6. The lowest BCUT2D eigenvalue weighted by Crippen LogP contribution is -2.25. The predicted molar refractivity (Wildman–Crippen MR) is 109 cm³/mol. The third-order valence-electron chi connectivity index (χ3n) is 5.54. The number of benzene rings is 1. The van der Waals surface area contributed by atoms with Crippen LogP contribution in [0.2, 0.25) is 0 Å². The number of hydrogen-bond donors (Lipinski definition) is 0. The molecule has 0 amide bonds. The van der Waals surface area contributed by atoms with Gasteiger partial charge in [0, 0.05) is 17.0 Å². The van der Waals surface area contributed by atoms with E-state index in [1.165, 1.54) is 20.0 Å².